The summed E-state index contributed by atoms with van der Waals surface area (Å²) in [6.07, 6.45) is 3.42. The van der Waals surface area contributed by atoms with Crippen molar-refractivity contribution in [3.63, 3.8) is 0 Å². The second-order valence-corrected chi connectivity index (χ2v) is 7.68. The molecule has 0 aliphatic rings. The molecule has 0 saturated heterocycles. The largest absolute Gasteiger partial charge is 0.465 e. The number of ether oxygens (including phenoxy) is 1. The molecule has 0 spiro atoms. The van der Waals surface area contributed by atoms with Crippen molar-refractivity contribution in [1.29, 1.82) is 0 Å². The Kier molecular flexibility index (Phi) is 10.1. The van der Waals surface area contributed by atoms with Gasteiger partial charge in [-0.25, -0.2) is 9.59 Å². The molecule has 0 saturated carbocycles. The van der Waals surface area contributed by atoms with Crippen LogP contribution in [0.3, 0.4) is 0 Å². The highest BCUT2D eigenvalue weighted by molar-refractivity contribution is 5.93. The molecule has 2 N–H and O–H groups in total. The fraction of sp³-hybridized carbons (Fsp3) is 0.565. The minimum Gasteiger partial charge on any atom is -0.465 e. The first-order valence-electron chi connectivity index (χ1n) is 11.3. The molecule has 2 rings (SSSR count). The number of methoxy groups -OCH3 is 1. The van der Waals surface area contributed by atoms with Crippen molar-refractivity contribution in [2.45, 2.75) is 52.5 Å². The van der Waals surface area contributed by atoms with Crippen LogP contribution >= 0.6 is 0 Å². The third-order valence-electron chi connectivity index (χ3n) is 5.56. The summed E-state index contributed by atoms with van der Waals surface area (Å²) in [5, 5.41) is 3.28. The number of fused-ring (bicyclic) bond motifs is 1. The Morgan fingerprint density at radius 1 is 1.09 bits per heavy atom. The number of nitrogens with zero attached hydrogens (tertiary/aromatic N) is 2. The first-order chi connectivity index (χ1) is 15.4. The summed E-state index contributed by atoms with van der Waals surface area (Å²) in [6, 6.07) is 4.45. The van der Waals surface area contributed by atoms with Crippen LogP contribution in [0.4, 0.5) is 0 Å². The SMILES string of the molecule is CCN(CC)CCCNC(=O)CCCCCn1c(=O)[nH]c2cc(C(=O)OC)ccc2c1=O. The summed E-state index contributed by atoms with van der Waals surface area (Å²) in [5.74, 6) is -0.503. The predicted molar refractivity (Wildman–Crippen MR) is 124 cm³/mol. The summed E-state index contributed by atoms with van der Waals surface area (Å²) < 4.78 is 5.82. The van der Waals surface area contributed by atoms with E-state index in [0.717, 1.165) is 37.0 Å². The molecule has 176 valence electrons. The van der Waals surface area contributed by atoms with Crippen molar-refractivity contribution in [3.8, 4) is 0 Å². The van der Waals surface area contributed by atoms with E-state index in [9.17, 15) is 19.2 Å². The van der Waals surface area contributed by atoms with Crippen LogP contribution in [0.1, 0.15) is 56.3 Å². The third kappa shape index (κ3) is 7.05. The van der Waals surface area contributed by atoms with E-state index in [1.807, 2.05) is 0 Å². The minimum atomic E-state index is -0.537. The molecule has 9 heteroatoms. The molecule has 32 heavy (non-hydrogen) atoms. The molecule has 1 aromatic heterocycles. The average Bonchev–Trinajstić information content (AvgIpc) is 2.79. The van der Waals surface area contributed by atoms with Crippen LogP contribution in [-0.2, 0) is 16.1 Å². The molecule has 9 nitrogen and oxygen atoms in total. The van der Waals surface area contributed by atoms with Gasteiger partial charge in [-0.05, 0) is 57.1 Å². The molecule has 1 heterocycles. The summed E-state index contributed by atoms with van der Waals surface area (Å²) in [7, 11) is 1.27. The Hall–Kier alpha value is -2.94. The van der Waals surface area contributed by atoms with Gasteiger partial charge in [0.15, 0.2) is 0 Å². The molecule has 1 aromatic carbocycles. The smallest absolute Gasteiger partial charge is 0.337 e. The molecular weight excluding hydrogens is 412 g/mol. The monoisotopic (exact) mass is 446 g/mol. The van der Waals surface area contributed by atoms with Gasteiger partial charge >= 0.3 is 11.7 Å². The van der Waals surface area contributed by atoms with Crippen molar-refractivity contribution >= 4 is 22.8 Å². The first kappa shape index (κ1) is 25.3. The Morgan fingerprint density at radius 3 is 2.53 bits per heavy atom. The maximum Gasteiger partial charge on any atom is 0.337 e. The molecular formula is C23H34N4O5. The molecule has 0 atom stereocenters. The van der Waals surface area contributed by atoms with Crippen molar-refractivity contribution < 1.29 is 14.3 Å². The number of aromatic amines is 1. The third-order valence-corrected chi connectivity index (χ3v) is 5.56. The van der Waals surface area contributed by atoms with E-state index in [2.05, 4.69) is 33.8 Å². The quantitative estimate of drug-likeness (QED) is 0.359. The van der Waals surface area contributed by atoms with Crippen LogP contribution in [0.5, 0.6) is 0 Å². The Morgan fingerprint density at radius 2 is 1.84 bits per heavy atom. The maximum absolute atomic E-state index is 12.7. The van der Waals surface area contributed by atoms with Gasteiger partial charge in [-0.2, -0.15) is 0 Å². The van der Waals surface area contributed by atoms with Crippen LogP contribution < -0.4 is 16.6 Å². The van der Waals surface area contributed by atoms with Gasteiger partial charge in [0.25, 0.3) is 5.56 Å². The lowest BCUT2D eigenvalue weighted by molar-refractivity contribution is -0.121. The van der Waals surface area contributed by atoms with Crippen molar-refractivity contribution in [2.75, 3.05) is 33.3 Å². The van der Waals surface area contributed by atoms with E-state index in [0.29, 0.717) is 36.7 Å². The number of carbonyl (C=O) groups is 2. The highest BCUT2D eigenvalue weighted by Gasteiger charge is 2.11. The van der Waals surface area contributed by atoms with Crippen LogP contribution in [-0.4, -0.2) is 59.6 Å². The Labute approximate surface area is 187 Å². The summed E-state index contributed by atoms with van der Waals surface area (Å²) >= 11 is 0. The Bertz CT molecular complexity index is 1020. The lowest BCUT2D eigenvalue weighted by Crippen LogP contribution is -2.35. The second-order valence-electron chi connectivity index (χ2n) is 7.68. The van der Waals surface area contributed by atoms with Crippen molar-refractivity contribution in [3.05, 3.63) is 44.6 Å². The van der Waals surface area contributed by atoms with Crippen LogP contribution in [0.2, 0.25) is 0 Å². The fourth-order valence-electron chi connectivity index (χ4n) is 3.59. The van der Waals surface area contributed by atoms with Gasteiger partial charge in [-0.3, -0.25) is 14.2 Å². The van der Waals surface area contributed by atoms with Gasteiger partial charge < -0.3 is 19.9 Å². The number of aromatic nitrogens is 2. The van der Waals surface area contributed by atoms with Crippen LogP contribution in [0, 0.1) is 0 Å². The zero-order valence-electron chi connectivity index (χ0n) is 19.2. The van der Waals surface area contributed by atoms with E-state index in [-0.39, 0.29) is 18.0 Å². The van der Waals surface area contributed by atoms with Gasteiger partial charge in [0.05, 0.1) is 23.6 Å². The number of carbonyl (C=O) groups excluding carboxylic acids is 2. The predicted octanol–water partition coefficient (Wildman–Crippen LogP) is 1.88. The van der Waals surface area contributed by atoms with Gasteiger partial charge in [0, 0.05) is 19.5 Å². The van der Waals surface area contributed by atoms with Crippen LogP contribution in [0.25, 0.3) is 10.9 Å². The standard InChI is InChI=1S/C23H34N4O5/c1-4-26(5-2)14-9-13-24-20(28)10-7-6-8-15-27-21(29)18-12-11-17(22(30)32-3)16-19(18)25-23(27)31/h11-12,16H,4-10,13-15H2,1-3H3,(H,24,28)(H,25,31). The highest BCUT2D eigenvalue weighted by atomic mass is 16.5. The lowest BCUT2D eigenvalue weighted by Gasteiger charge is -2.17. The number of H-pyrrole nitrogens is 1. The van der Waals surface area contributed by atoms with E-state index in [1.54, 1.807) is 0 Å². The van der Waals surface area contributed by atoms with Gasteiger partial charge in [-0.15, -0.1) is 0 Å². The summed E-state index contributed by atoms with van der Waals surface area (Å²) in [6.45, 7) is 8.21. The Balaban J connectivity index is 1.80. The number of amides is 1. The van der Waals surface area contributed by atoms with Gasteiger partial charge in [0.2, 0.25) is 5.91 Å². The zero-order valence-corrected chi connectivity index (χ0v) is 19.2. The molecule has 0 bridgehead atoms. The minimum absolute atomic E-state index is 0.0340. The molecule has 0 radical (unpaired) electrons. The molecule has 0 aliphatic carbocycles. The van der Waals surface area contributed by atoms with Gasteiger partial charge in [0.1, 0.15) is 0 Å². The molecule has 2 aromatic rings. The molecule has 0 aliphatic heterocycles. The fourth-order valence-corrected chi connectivity index (χ4v) is 3.59. The number of nitrogens with one attached hydrogen (secondary N) is 2. The number of benzene rings is 1. The maximum atomic E-state index is 12.7. The molecule has 1 amide bonds. The molecule has 0 unspecified atom stereocenters. The normalized spacial score (nSPS) is 11.1. The second kappa shape index (κ2) is 12.8. The number of unbranched alkanes of at least 4 members (excludes halogenated alkanes) is 2. The van der Waals surface area contributed by atoms with Crippen molar-refractivity contribution in [2.24, 2.45) is 0 Å². The average molecular weight is 447 g/mol. The number of esters is 1. The van der Waals surface area contributed by atoms with Gasteiger partial charge in [-0.1, -0.05) is 20.3 Å². The first-order valence-corrected chi connectivity index (χ1v) is 11.3. The lowest BCUT2D eigenvalue weighted by atomic mass is 10.1. The van der Waals surface area contributed by atoms with Crippen molar-refractivity contribution in [1.82, 2.24) is 19.8 Å². The van der Waals surface area contributed by atoms with E-state index in [4.69, 9.17) is 0 Å². The summed E-state index contributed by atoms with van der Waals surface area (Å²) in [5.41, 5.74) is -0.350. The topological polar surface area (TPSA) is 114 Å². The number of hydrogen-bond acceptors (Lipinski definition) is 6. The van der Waals surface area contributed by atoms with E-state index < -0.39 is 17.2 Å². The summed E-state index contributed by atoms with van der Waals surface area (Å²) in [4.78, 5) is 53.6. The highest BCUT2D eigenvalue weighted by Crippen LogP contribution is 2.10. The van der Waals surface area contributed by atoms with Crippen LogP contribution in [0.15, 0.2) is 27.8 Å². The number of rotatable bonds is 13. The molecule has 0 fully saturated rings. The van der Waals surface area contributed by atoms with E-state index >= 15 is 0 Å². The zero-order chi connectivity index (χ0) is 23.5. The van der Waals surface area contributed by atoms with E-state index in [1.165, 1.54) is 25.3 Å². The number of hydrogen-bond donors (Lipinski definition) is 2.